The van der Waals surface area contributed by atoms with Gasteiger partial charge in [-0.2, -0.15) is 0 Å². The number of amides is 1. The lowest BCUT2D eigenvalue weighted by molar-refractivity contribution is -0.127. The predicted molar refractivity (Wildman–Crippen MR) is 95.2 cm³/mol. The molecule has 1 aromatic carbocycles. The number of thioether (sulfide) groups is 1. The molecule has 3 rings (SSSR count). The van der Waals surface area contributed by atoms with E-state index < -0.39 is 0 Å². The molecule has 1 aromatic heterocycles. The zero-order valence-corrected chi connectivity index (χ0v) is 14.6. The summed E-state index contributed by atoms with van der Waals surface area (Å²) in [5.41, 5.74) is 1.81. The van der Waals surface area contributed by atoms with Crippen LogP contribution < -0.4 is 4.74 Å². The lowest BCUT2D eigenvalue weighted by atomic mass is 10.1. The van der Waals surface area contributed by atoms with E-state index in [1.165, 1.54) is 11.8 Å². The van der Waals surface area contributed by atoms with Gasteiger partial charge in [-0.15, -0.1) is 10.2 Å². The maximum absolute atomic E-state index is 12.0. The van der Waals surface area contributed by atoms with Gasteiger partial charge in [0.25, 0.3) is 0 Å². The average molecular weight is 343 g/mol. The first-order chi connectivity index (χ1) is 11.8. The molecule has 1 aliphatic heterocycles. The first kappa shape index (κ1) is 16.8. The molecule has 0 unspecified atom stereocenters. The van der Waals surface area contributed by atoms with E-state index in [1.807, 2.05) is 48.2 Å². The van der Waals surface area contributed by atoms with Crippen molar-refractivity contribution in [2.75, 3.05) is 25.4 Å². The van der Waals surface area contributed by atoms with Gasteiger partial charge >= 0.3 is 0 Å². The molecule has 1 fully saturated rings. The molecule has 0 saturated carbocycles. The Bertz CT molecular complexity index is 668. The van der Waals surface area contributed by atoms with Gasteiger partial charge in [0.05, 0.1) is 18.1 Å². The minimum Gasteiger partial charge on any atom is -0.494 e. The summed E-state index contributed by atoms with van der Waals surface area (Å²) in [6, 6.07) is 11.7. The third-order valence-corrected chi connectivity index (χ3v) is 4.81. The number of carbonyl (C=O) groups excluding carboxylic acids is 1. The number of rotatable bonds is 6. The number of likely N-dealkylation sites (tertiary alicyclic amines) is 1. The van der Waals surface area contributed by atoms with Gasteiger partial charge < -0.3 is 9.64 Å². The Morgan fingerprint density at radius 2 is 1.88 bits per heavy atom. The van der Waals surface area contributed by atoms with Crippen LogP contribution in [0.1, 0.15) is 19.8 Å². The van der Waals surface area contributed by atoms with Crippen LogP contribution in [0.3, 0.4) is 0 Å². The highest BCUT2D eigenvalue weighted by Gasteiger charge is 2.17. The van der Waals surface area contributed by atoms with E-state index in [9.17, 15) is 4.79 Å². The normalized spacial score (nSPS) is 14.0. The first-order valence-corrected chi connectivity index (χ1v) is 9.22. The number of hydrogen-bond donors (Lipinski definition) is 0. The fourth-order valence-electron chi connectivity index (χ4n) is 2.63. The summed E-state index contributed by atoms with van der Waals surface area (Å²) < 4.78 is 5.44. The van der Waals surface area contributed by atoms with Crippen molar-refractivity contribution in [2.24, 2.45) is 0 Å². The summed E-state index contributed by atoms with van der Waals surface area (Å²) >= 11 is 1.44. The van der Waals surface area contributed by atoms with E-state index in [0.29, 0.717) is 12.4 Å². The lowest BCUT2D eigenvalue weighted by Crippen LogP contribution is -2.29. The number of ether oxygens (including phenoxy) is 1. The maximum atomic E-state index is 12.0. The zero-order chi connectivity index (χ0) is 16.8. The van der Waals surface area contributed by atoms with E-state index in [1.54, 1.807) is 0 Å². The van der Waals surface area contributed by atoms with Crippen LogP contribution in [-0.2, 0) is 4.79 Å². The van der Waals surface area contributed by atoms with Crippen molar-refractivity contribution >= 4 is 17.7 Å². The van der Waals surface area contributed by atoms with E-state index in [0.717, 1.165) is 48.0 Å². The Morgan fingerprint density at radius 3 is 2.50 bits per heavy atom. The van der Waals surface area contributed by atoms with Crippen molar-refractivity contribution in [3.05, 3.63) is 36.4 Å². The molecule has 0 N–H and O–H groups in total. The monoisotopic (exact) mass is 343 g/mol. The minimum atomic E-state index is 0.190. The molecule has 0 radical (unpaired) electrons. The molecule has 24 heavy (non-hydrogen) atoms. The maximum Gasteiger partial charge on any atom is 0.232 e. The van der Waals surface area contributed by atoms with Gasteiger partial charge in [0.2, 0.25) is 5.91 Å². The van der Waals surface area contributed by atoms with E-state index in [2.05, 4.69) is 10.2 Å². The van der Waals surface area contributed by atoms with Gasteiger partial charge in [0.1, 0.15) is 10.8 Å². The molecule has 5 nitrogen and oxygen atoms in total. The number of carbonyl (C=O) groups is 1. The van der Waals surface area contributed by atoms with Gasteiger partial charge in [-0.1, -0.05) is 11.8 Å². The Kier molecular flexibility index (Phi) is 5.69. The van der Waals surface area contributed by atoms with Crippen LogP contribution >= 0.6 is 11.8 Å². The third-order valence-electron chi connectivity index (χ3n) is 3.90. The van der Waals surface area contributed by atoms with Crippen molar-refractivity contribution in [1.82, 2.24) is 15.1 Å². The molecule has 0 aliphatic carbocycles. The summed E-state index contributed by atoms with van der Waals surface area (Å²) in [5.74, 6) is 1.47. The van der Waals surface area contributed by atoms with E-state index >= 15 is 0 Å². The predicted octanol–water partition coefficient (Wildman–Crippen LogP) is 3.26. The summed E-state index contributed by atoms with van der Waals surface area (Å²) in [7, 11) is 0. The number of nitrogens with zero attached hydrogens (tertiary/aromatic N) is 3. The number of aromatic nitrogens is 2. The van der Waals surface area contributed by atoms with Crippen molar-refractivity contribution in [3.8, 4) is 17.0 Å². The molecule has 1 amide bonds. The van der Waals surface area contributed by atoms with Gasteiger partial charge in [-0.3, -0.25) is 4.79 Å². The summed E-state index contributed by atoms with van der Waals surface area (Å²) in [6.07, 6.45) is 2.24. The number of benzene rings is 1. The fraction of sp³-hybridized carbons (Fsp3) is 0.389. The second-order valence-corrected chi connectivity index (χ2v) is 6.59. The van der Waals surface area contributed by atoms with Crippen molar-refractivity contribution in [3.63, 3.8) is 0 Å². The smallest absolute Gasteiger partial charge is 0.232 e. The zero-order valence-electron chi connectivity index (χ0n) is 13.8. The molecule has 2 aromatic rings. The molecule has 126 valence electrons. The highest BCUT2D eigenvalue weighted by atomic mass is 32.2. The highest BCUT2D eigenvalue weighted by Crippen LogP contribution is 2.22. The summed E-state index contributed by atoms with van der Waals surface area (Å²) in [5, 5.41) is 9.26. The Morgan fingerprint density at radius 1 is 1.12 bits per heavy atom. The van der Waals surface area contributed by atoms with Crippen LogP contribution in [0, 0.1) is 0 Å². The molecular weight excluding hydrogens is 322 g/mol. The summed E-state index contributed by atoms with van der Waals surface area (Å²) in [6.45, 7) is 4.40. The van der Waals surface area contributed by atoms with Crippen molar-refractivity contribution in [1.29, 1.82) is 0 Å². The average Bonchev–Trinajstić information content (AvgIpc) is 3.16. The van der Waals surface area contributed by atoms with Gasteiger partial charge in [0.15, 0.2) is 0 Å². The Hall–Kier alpha value is -2.08. The van der Waals surface area contributed by atoms with Crippen LogP contribution in [0.5, 0.6) is 5.75 Å². The SMILES string of the molecule is CCOc1ccc(-c2ccc(SCC(=O)N3CCCC3)nn2)cc1. The molecule has 0 spiro atoms. The van der Waals surface area contributed by atoms with Crippen LogP contribution in [0.15, 0.2) is 41.4 Å². The fourth-order valence-corrected chi connectivity index (χ4v) is 3.35. The van der Waals surface area contributed by atoms with Gasteiger partial charge in [0, 0.05) is 18.7 Å². The molecular formula is C18H21N3O2S. The van der Waals surface area contributed by atoms with Crippen molar-refractivity contribution < 1.29 is 9.53 Å². The van der Waals surface area contributed by atoms with E-state index in [-0.39, 0.29) is 5.91 Å². The van der Waals surface area contributed by atoms with Crippen LogP contribution in [0.25, 0.3) is 11.3 Å². The third kappa shape index (κ3) is 4.26. The quantitative estimate of drug-likeness (QED) is 0.754. The Balaban J connectivity index is 1.57. The van der Waals surface area contributed by atoms with Crippen molar-refractivity contribution in [2.45, 2.75) is 24.8 Å². The van der Waals surface area contributed by atoms with Crippen LogP contribution in [0.2, 0.25) is 0 Å². The molecule has 6 heteroatoms. The first-order valence-electron chi connectivity index (χ1n) is 8.24. The largest absolute Gasteiger partial charge is 0.494 e. The highest BCUT2D eigenvalue weighted by molar-refractivity contribution is 7.99. The standard InChI is InChI=1S/C18H21N3O2S/c1-2-23-15-7-5-14(6-8-15)16-9-10-17(20-19-16)24-13-18(22)21-11-3-4-12-21/h5-10H,2-4,11-13H2,1H3. The molecule has 0 bridgehead atoms. The second kappa shape index (κ2) is 8.15. The van der Waals surface area contributed by atoms with Crippen LogP contribution in [-0.4, -0.2) is 46.5 Å². The summed E-state index contributed by atoms with van der Waals surface area (Å²) in [4.78, 5) is 14.0. The molecule has 1 saturated heterocycles. The van der Waals surface area contributed by atoms with E-state index in [4.69, 9.17) is 4.74 Å². The second-order valence-electron chi connectivity index (χ2n) is 5.59. The molecule has 2 heterocycles. The number of hydrogen-bond acceptors (Lipinski definition) is 5. The topological polar surface area (TPSA) is 55.3 Å². The van der Waals surface area contributed by atoms with Crippen LogP contribution in [0.4, 0.5) is 0 Å². The van der Waals surface area contributed by atoms with Gasteiger partial charge in [-0.05, 0) is 56.2 Å². The lowest BCUT2D eigenvalue weighted by Gasteiger charge is -2.14. The minimum absolute atomic E-state index is 0.190. The molecule has 1 aliphatic rings. The molecule has 0 atom stereocenters. The van der Waals surface area contributed by atoms with Gasteiger partial charge in [-0.25, -0.2) is 0 Å². The Labute approximate surface area is 146 Å².